The van der Waals surface area contributed by atoms with Crippen molar-refractivity contribution in [1.82, 2.24) is 5.32 Å². The van der Waals surface area contributed by atoms with Crippen molar-refractivity contribution < 1.29 is 9.53 Å². The summed E-state index contributed by atoms with van der Waals surface area (Å²) in [7, 11) is 1.36. The normalized spacial score (nSPS) is 10.4. The Bertz CT molecular complexity index is 372. The van der Waals surface area contributed by atoms with E-state index in [2.05, 4.69) is 41.2 Å². The molecule has 0 spiro atoms. The summed E-state index contributed by atoms with van der Waals surface area (Å²) in [6.45, 7) is 2.88. The molecule has 3 nitrogen and oxygen atoms in total. The third-order valence-electron chi connectivity index (χ3n) is 2.18. The lowest BCUT2D eigenvalue weighted by Gasteiger charge is -2.02. The summed E-state index contributed by atoms with van der Waals surface area (Å²) in [6, 6.07) is 8.38. The van der Waals surface area contributed by atoms with Crippen LogP contribution >= 0.6 is 0 Å². The van der Waals surface area contributed by atoms with Crippen LogP contribution in [0.3, 0.4) is 0 Å². The van der Waals surface area contributed by atoms with Gasteiger partial charge in [0.15, 0.2) is 0 Å². The van der Waals surface area contributed by atoms with Gasteiger partial charge in [0.2, 0.25) is 0 Å². The molecule has 3 heteroatoms. The number of esters is 1. The maximum atomic E-state index is 10.7. The molecule has 16 heavy (non-hydrogen) atoms. The Morgan fingerprint density at radius 1 is 1.50 bits per heavy atom. The maximum Gasteiger partial charge on any atom is 0.331 e. The summed E-state index contributed by atoms with van der Waals surface area (Å²) in [6.07, 6.45) is 3.92. The van der Waals surface area contributed by atoms with Gasteiger partial charge >= 0.3 is 5.97 Å². The fraction of sp³-hybridized carbons (Fsp3) is 0.308. The van der Waals surface area contributed by atoms with E-state index in [-0.39, 0.29) is 5.97 Å². The molecule has 0 aliphatic rings. The summed E-state index contributed by atoms with van der Waals surface area (Å²) < 4.78 is 4.47. The molecule has 0 saturated carbocycles. The van der Waals surface area contributed by atoms with Gasteiger partial charge in [-0.15, -0.1) is 0 Å². The Morgan fingerprint density at radius 2 is 2.31 bits per heavy atom. The van der Waals surface area contributed by atoms with Crippen molar-refractivity contribution >= 4 is 5.97 Å². The van der Waals surface area contributed by atoms with Gasteiger partial charge in [-0.1, -0.05) is 29.8 Å². The monoisotopic (exact) mass is 219 g/mol. The minimum atomic E-state index is -0.344. The highest BCUT2D eigenvalue weighted by molar-refractivity contribution is 5.81. The number of nitrogens with one attached hydrogen (secondary N) is 1. The minimum Gasteiger partial charge on any atom is -0.466 e. The number of hydrogen-bond acceptors (Lipinski definition) is 3. The molecule has 86 valence electrons. The lowest BCUT2D eigenvalue weighted by Crippen LogP contribution is -2.10. The number of rotatable bonds is 5. The number of ether oxygens (including phenoxy) is 1. The second-order valence-electron chi connectivity index (χ2n) is 3.55. The van der Waals surface area contributed by atoms with E-state index < -0.39 is 0 Å². The maximum absolute atomic E-state index is 10.7. The molecule has 0 unspecified atom stereocenters. The molecule has 0 fully saturated rings. The second-order valence-corrected chi connectivity index (χ2v) is 3.55. The summed E-state index contributed by atoms with van der Waals surface area (Å²) in [4.78, 5) is 10.7. The Hall–Kier alpha value is -1.77. The predicted octanol–water partition coefficient (Wildman–Crippen LogP) is 1.81. The molecule has 0 aliphatic heterocycles. The molecular weight excluding hydrogens is 202 g/mol. The first-order chi connectivity index (χ1) is 7.72. The standard InChI is InChI=1S/C13H17NO2/c1-11-4-3-5-12(10-11)6-8-14-9-7-13(15)16-2/h3-5,7,9-10,14H,6,8H2,1-2H3/b9-7+. The lowest BCUT2D eigenvalue weighted by molar-refractivity contribution is -0.134. The summed E-state index contributed by atoms with van der Waals surface area (Å²) in [5, 5.41) is 3.04. The van der Waals surface area contributed by atoms with E-state index in [1.54, 1.807) is 6.20 Å². The number of carbonyl (C=O) groups excluding carboxylic acids is 1. The van der Waals surface area contributed by atoms with Crippen LogP contribution in [-0.2, 0) is 16.0 Å². The van der Waals surface area contributed by atoms with Crippen LogP contribution in [0.5, 0.6) is 0 Å². The van der Waals surface area contributed by atoms with Gasteiger partial charge in [0.1, 0.15) is 0 Å². The molecule has 0 radical (unpaired) electrons. The first-order valence-corrected chi connectivity index (χ1v) is 5.26. The molecule has 0 atom stereocenters. The Kier molecular flexibility index (Phi) is 5.12. The smallest absolute Gasteiger partial charge is 0.331 e. The minimum absolute atomic E-state index is 0.344. The van der Waals surface area contributed by atoms with Gasteiger partial charge in [0.25, 0.3) is 0 Å². The zero-order chi connectivity index (χ0) is 11.8. The van der Waals surface area contributed by atoms with Gasteiger partial charge in [0.05, 0.1) is 7.11 Å². The Balaban J connectivity index is 2.26. The van der Waals surface area contributed by atoms with Crippen LogP contribution in [0.1, 0.15) is 11.1 Å². The van der Waals surface area contributed by atoms with Crippen LogP contribution in [0.2, 0.25) is 0 Å². The molecule has 1 aromatic carbocycles. The van der Waals surface area contributed by atoms with Crippen LogP contribution in [0, 0.1) is 6.92 Å². The van der Waals surface area contributed by atoms with Gasteiger partial charge in [0, 0.05) is 18.8 Å². The molecule has 0 aliphatic carbocycles. The predicted molar refractivity (Wildman–Crippen MR) is 64.0 cm³/mol. The number of carbonyl (C=O) groups is 1. The highest BCUT2D eigenvalue weighted by Gasteiger charge is 1.92. The van der Waals surface area contributed by atoms with Crippen LogP contribution in [-0.4, -0.2) is 19.6 Å². The lowest BCUT2D eigenvalue weighted by atomic mass is 10.1. The molecule has 0 saturated heterocycles. The molecular formula is C13H17NO2. The Morgan fingerprint density at radius 3 is 3.00 bits per heavy atom. The van der Waals surface area contributed by atoms with Crippen LogP contribution in [0.15, 0.2) is 36.5 Å². The van der Waals surface area contributed by atoms with Crippen molar-refractivity contribution in [3.8, 4) is 0 Å². The molecule has 0 bridgehead atoms. The van der Waals surface area contributed by atoms with E-state index in [1.807, 2.05) is 0 Å². The summed E-state index contributed by atoms with van der Waals surface area (Å²) in [5.41, 5.74) is 2.56. The van der Waals surface area contributed by atoms with Crippen molar-refractivity contribution in [2.75, 3.05) is 13.7 Å². The van der Waals surface area contributed by atoms with E-state index in [0.717, 1.165) is 13.0 Å². The van der Waals surface area contributed by atoms with Gasteiger partial charge in [-0.25, -0.2) is 4.79 Å². The van der Waals surface area contributed by atoms with Crippen LogP contribution in [0.25, 0.3) is 0 Å². The number of hydrogen-bond donors (Lipinski definition) is 1. The van der Waals surface area contributed by atoms with E-state index >= 15 is 0 Å². The third-order valence-corrected chi connectivity index (χ3v) is 2.18. The molecule has 0 heterocycles. The number of aryl methyl sites for hydroxylation is 1. The average molecular weight is 219 g/mol. The molecule has 0 aromatic heterocycles. The highest BCUT2D eigenvalue weighted by atomic mass is 16.5. The number of methoxy groups -OCH3 is 1. The van der Waals surface area contributed by atoms with Crippen LogP contribution < -0.4 is 5.32 Å². The van der Waals surface area contributed by atoms with Crippen LogP contribution in [0.4, 0.5) is 0 Å². The Labute approximate surface area is 96.1 Å². The second kappa shape index (κ2) is 6.67. The van der Waals surface area contributed by atoms with Crippen molar-refractivity contribution in [3.63, 3.8) is 0 Å². The zero-order valence-corrected chi connectivity index (χ0v) is 9.69. The average Bonchev–Trinajstić information content (AvgIpc) is 2.28. The van der Waals surface area contributed by atoms with Crippen molar-refractivity contribution in [3.05, 3.63) is 47.7 Å². The molecule has 0 amide bonds. The summed E-state index contributed by atoms with van der Waals surface area (Å²) >= 11 is 0. The van der Waals surface area contributed by atoms with Crippen molar-refractivity contribution in [2.24, 2.45) is 0 Å². The zero-order valence-electron chi connectivity index (χ0n) is 9.69. The summed E-state index contributed by atoms with van der Waals surface area (Å²) in [5.74, 6) is -0.344. The first-order valence-electron chi connectivity index (χ1n) is 5.26. The van der Waals surface area contributed by atoms with Gasteiger partial charge < -0.3 is 10.1 Å². The molecule has 1 aromatic rings. The van der Waals surface area contributed by atoms with E-state index in [0.29, 0.717) is 0 Å². The van der Waals surface area contributed by atoms with E-state index in [9.17, 15) is 4.79 Å². The van der Waals surface area contributed by atoms with E-state index in [4.69, 9.17) is 0 Å². The fourth-order valence-electron chi connectivity index (χ4n) is 1.36. The third kappa shape index (κ3) is 4.64. The van der Waals surface area contributed by atoms with Crippen molar-refractivity contribution in [1.29, 1.82) is 0 Å². The largest absolute Gasteiger partial charge is 0.466 e. The van der Waals surface area contributed by atoms with Gasteiger partial charge in [-0.3, -0.25) is 0 Å². The SMILES string of the molecule is COC(=O)/C=C/NCCc1cccc(C)c1. The van der Waals surface area contributed by atoms with E-state index in [1.165, 1.54) is 24.3 Å². The van der Waals surface area contributed by atoms with Crippen molar-refractivity contribution in [2.45, 2.75) is 13.3 Å². The first kappa shape index (κ1) is 12.3. The fourth-order valence-corrected chi connectivity index (χ4v) is 1.36. The molecule has 1 rings (SSSR count). The highest BCUT2D eigenvalue weighted by Crippen LogP contribution is 2.03. The molecule has 1 N–H and O–H groups in total. The number of benzene rings is 1. The topological polar surface area (TPSA) is 38.3 Å². The quantitative estimate of drug-likeness (QED) is 0.466. The van der Waals surface area contributed by atoms with Gasteiger partial charge in [-0.2, -0.15) is 0 Å². The van der Waals surface area contributed by atoms with Gasteiger partial charge in [-0.05, 0) is 18.9 Å².